The number of hydrogen-bond acceptors (Lipinski definition) is 6. The van der Waals surface area contributed by atoms with Crippen molar-refractivity contribution in [3.8, 4) is 0 Å². The van der Waals surface area contributed by atoms with Gasteiger partial charge in [0, 0.05) is 17.7 Å². The highest BCUT2D eigenvalue weighted by Crippen LogP contribution is 2.23. The second-order valence-corrected chi connectivity index (χ2v) is 8.14. The van der Waals surface area contributed by atoms with Gasteiger partial charge >= 0.3 is 0 Å². The number of halogens is 1. The van der Waals surface area contributed by atoms with Crippen LogP contribution in [0.5, 0.6) is 0 Å². The molecule has 2 aromatic rings. The van der Waals surface area contributed by atoms with Crippen LogP contribution in [0.15, 0.2) is 34.6 Å². The Balaban J connectivity index is 0.00000300. The number of anilines is 1. The number of carbonyl (C=O) groups is 2. The summed E-state index contributed by atoms with van der Waals surface area (Å²) in [6.45, 7) is 1.10. The summed E-state index contributed by atoms with van der Waals surface area (Å²) in [7, 11) is 0. The van der Waals surface area contributed by atoms with Crippen LogP contribution in [0.25, 0.3) is 0 Å². The molecule has 0 radical (unpaired) electrons. The first-order valence-electron chi connectivity index (χ1n) is 9.05. The van der Waals surface area contributed by atoms with Crippen molar-refractivity contribution in [2.75, 3.05) is 30.4 Å². The lowest BCUT2D eigenvalue weighted by Crippen LogP contribution is -2.30. The Morgan fingerprint density at radius 2 is 1.93 bits per heavy atom. The van der Waals surface area contributed by atoms with Crippen LogP contribution in [0.4, 0.5) is 5.13 Å². The SMILES string of the molecule is CSCCN=C(N)Nc1nc(CCCCN2C(=O)c3ccccc3C2=O)cs1.Cl. The lowest BCUT2D eigenvalue weighted by Gasteiger charge is -2.13. The average molecular weight is 454 g/mol. The van der Waals surface area contributed by atoms with Gasteiger partial charge in [0.15, 0.2) is 11.1 Å². The Morgan fingerprint density at radius 1 is 1.24 bits per heavy atom. The molecule has 156 valence electrons. The van der Waals surface area contributed by atoms with Crippen LogP contribution in [-0.2, 0) is 6.42 Å². The van der Waals surface area contributed by atoms with Gasteiger partial charge in [-0.25, -0.2) is 4.98 Å². The zero-order valence-electron chi connectivity index (χ0n) is 16.1. The number of unbranched alkanes of at least 4 members (excludes halogenated alkanes) is 1. The molecule has 0 bridgehead atoms. The van der Waals surface area contributed by atoms with Gasteiger partial charge in [-0.2, -0.15) is 11.8 Å². The highest BCUT2D eigenvalue weighted by molar-refractivity contribution is 7.98. The summed E-state index contributed by atoms with van der Waals surface area (Å²) in [5, 5.41) is 5.71. The molecule has 10 heteroatoms. The Morgan fingerprint density at radius 3 is 2.59 bits per heavy atom. The van der Waals surface area contributed by atoms with Crippen LogP contribution < -0.4 is 11.1 Å². The van der Waals surface area contributed by atoms with Crippen LogP contribution in [0.2, 0.25) is 0 Å². The predicted octanol–water partition coefficient (Wildman–Crippen LogP) is 3.27. The topological polar surface area (TPSA) is 101 Å². The van der Waals surface area contributed by atoms with E-state index in [1.165, 1.54) is 16.2 Å². The van der Waals surface area contributed by atoms with Gasteiger partial charge in [-0.05, 0) is 37.7 Å². The molecule has 1 aromatic carbocycles. The third-order valence-corrected chi connectivity index (χ3v) is 5.70. The molecular weight excluding hydrogens is 430 g/mol. The maximum absolute atomic E-state index is 12.3. The molecule has 29 heavy (non-hydrogen) atoms. The zero-order chi connectivity index (χ0) is 19.9. The average Bonchev–Trinajstić information content (AvgIpc) is 3.23. The largest absolute Gasteiger partial charge is 0.370 e. The molecule has 0 unspecified atom stereocenters. The zero-order valence-corrected chi connectivity index (χ0v) is 18.5. The summed E-state index contributed by atoms with van der Waals surface area (Å²) in [6, 6.07) is 6.97. The van der Waals surface area contributed by atoms with Gasteiger partial charge in [-0.1, -0.05) is 12.1 Å². The predicted molar refractivity (Wildman–Crippen MR) is 123 cm³/mol. The van der Waals surface area contributed by atoms with Crippen LogP contribution in [0.1, 0.15) is 39.3 Å². The monoisotopic (exact) mass is 453 g/mol. The number of aryl methyl sites for hydroxylation is 1. The van der Waals surface area contributed by atoms with Crippen LogP contribution in [0.3, 0.4) is 0 Å². The number of nitrogens with two attached hydrogens (primary N) is 1. The smallest absolute Gasteiger partial charge is 0.261 e. The molecule has 0 aliphatic carbocycles. The van der Waals surface area contributed by atoms with Crippen LogP contribution in [0, 0.1) is 0 Å². The second-order valence-electron chi connectivity index (χ2n) is 6.29. The van der Waals surface area contributed by atoms with Gasteiger partial charge in [-0.3, -0.25) is 19.5 Å². The number of thiazole rings is 1. The van der Waals surface area contributed by atoms with Crippen molar-refractivity contribution in [3.63, 3.8) is 0 Å². The van der Waals surface area contributed by atoms with Gasteiger partial charge in [-0.15, -0.1) is 23.7 Å². The number of nitrogens with one attached hydrogen (secondary N) is 1. The lowest BCUT2D eigenvalue weighted by atomic mass is 10.1. The van der Waals surface area contributed by atoms with Gasteiger partial charge in [0.1, 0.15) is 0 Å². The van der Waals surface area contributed by atoms with Gasteiger partial charge < -0.3 is 11.1 Å². The van der Waals surface area contributed by atoms with Crippen molar-refractivity contribution in [1.82, 2.24) is 9.88 Å². The maximum atomic E-state index is 12.3. The van der Waals surface area contributed by atoms with E-state index in [1.54, 1.807) is 36.0 Å². The number of nitrogens with zero attached hydrogens (tertiary/aromatic N) is 3. The summed E-state index contributed by atoms with van der Waals surface area (Å²) in [5.74, 6) is 0.910. The lowest BCUT2D eigenvalue weighted by molar-refractivity contribution is 0.0652. The van der Waals surface area contributed by atoms with Gasteiger partial charge in [0.05, 0.1) is 23.4 Å². The van der Waals surface area contributed by atoms with E-state index in [0.717, 1.165) is 35.8 Å². The molecule has 1 aromatic heterocycles. The highest BCUT2D eigenvalue weighted by Gasteiger charge is 2.34. The van der Waals surface area contributed by atoms with E-state index < -0.39 is 0 Å². The fraction of sp³-hybridized carbons (Fsp3) is 0.368. The first kappa shape index (κ1) is 23.2. The van der Waals surface area contributed by atoms with E-state index in [0.29, 0.717) is 30.2 Å². The number of aliphatic imine (C=N–C) groups is 1. The minimum atomic E-state index is -0.197. The normalized spacial score (nSPS) is 13.4. The number of amides is 2. The van der Waals surface area contributed by atoms with Crippen molar-refractivity contribution in [3.05, 3.63) is 46.5 Å². The van der Waals surface area contributed by atoms with E-state index in [4.69, 9.17) is 5.73 Å². The van der Waals surface area contributed by atoms with E-state index in [-0.39, 0.29) is 24.2 Å². The Bertz CT molecular complexity index is 852. The number of guanidine groups is 1. The molecule has 0 saturated carbocycles. The second kappa shape index (κ2) is 11.2. The van der Waals surface area contributed by atoms with Crippen LogP contribution >= 0.6 is 35.5 Å². The van der Waals surface area contributed by atoms with Gasteiger partial charge in [0.25, 0.3) is 11.8 Å². The van der Waals surface area contributed by atoms with Crippen LogP contribution in [-0.4, -0.2) is 52.8 Å². The number of rotatable bonds is 9. The Kier molecular flexibility index (Phi) is 8.94. The molecule has 1 aliphatic heterocycles. The van der Waals surface area contributed by atoms with Crippen molar-refractivity contribution in [2.24, 2.45) is 10.7 Å². The fourth-order valence-electron chi connectivity index (χ4n) is 2.90. The molecule has 2 amide bonds. The van der Waals surface area contributed by atoms with Crippen molar-refractivity contribution in [2.45, 2.75) is 19.3 Å². The number of imide groups is 1. The van der Waals surface area contributed by atoms with Crippen molar-refractivity contribution < 1.29 is 9.59 Å². The quantitative estimate of drug-likeness (QED) is 0.261. The van der Waals surface area contributed by atoms with E-state index in [1.807, 2.05) is 11.6 Å². The minimum Gasteiger partial charge on any atom is -0.370 e. The number of hydrogen-bond donors (Lipinski definition) is 2. The molecule has 3 rings (SSSR count). The third-order valence-electron chi connectivity index (χ3n) is 4.31. The third kappa shape index (κ3) is 5.94. The maximum Gasteiger partial charge on any atom is 0.261 e. The van der Waals surface area contributed by atoms with Gasteiger partial charge in [0.2, 0.25) is 0 Å². The number of carbonyl (C=O) groups excluding carboxylic acids is 2. The summed E-state index contributed by atoms with van der Waals surface area (Å²) in [6.07, 6.45) is 4.39. The molecule has 2 heterocycles. The summed E-state index contributed by atoms with van der Waals surface area (Å²) in [4.78, 5) is 34.7. The molecular formula is C19H24ClN5O2S2. The Hall–Kier alpha value is -2.10. The molecule has 0 spiro atoms. The molecule has 1 aliphatic rings. The fourth-order valence-corrected chi connectivity index (χ4v) is 3.93. The molecule has 0 atom stereocenters. The summed E-state index contributed by atoms with van der Waals surface area (Å²) < 4.78 is 0. The van der Waals surface area contributed by atoms with Crippen molar-refractivity contribution in [1.29, 1.82) is 0 Å². The summed E-state index contributed by atoms with van der Waals surface area (Å²) >= 11 is 3.21. The van der Waals surface area contributed by atoms with E-state index >= 15 is 0 Å². The highest BCUT2D eigenvalue weighted by atomic mass is 35.5. The number of fused-ring (bicyclic) bond motifs is 1. The molecule has 0 fully saturated rings. The van der Waals surface area contributed by atoms with Crippen molar-refractivity contribution >= 4 is 58.4 Å². The molecule has 7 nitrogen and oxygen atoms in total. The van der Waals surface area contributed by atoms with E-state index in [2.05, 4.69) is 15.3 Å². The Labute approximate surface area is 184 Å². The first-order valence-corrected chi connectivity index (χ1v) is 11.3. The summed E-state index contributed by atoms with van der Waals surface area (Å²) in [5.41, 5.74) is 7.80. The number of thioether (sulfide) groups is 1. The minimum absolute atomic E-state index is 0. The first-order chi connectivity index (χ1) is 13.6. The number of benzene rings is 1. The molecule has 3 N–H and O–H groups in total. The molecule has 0 saturated heterocycles. The van der Waals surface area contributed by atoms with E-state index in [9.17, 15) is 9.59 Å². The standard InChI is InChI=1S/C19H23N5O2S2.ClH/c1-27-11-9-21-18(20)23-19-22-13(12-28-19)6-4-5-10-24-16(25)14-7-2-3-8-15(14)17(24)26;/h2-3,7-8,12H,4-6,9-11H2,1H3,(H3,20,21,22,23);1H. The number of aromatic nitrogens is 1.